The van der Waals surface area contributed by atoms with Gasteiger partial charge in [-0.2, -0.15) is 0 Å². The van der Waals surface area contributed by atoms with Crippen LogP contribution in [-0.2, 0) is 4.79 Å². The van der Waals surface area contributed by atoms with Crippen LogP contribution in [0.25, 0.3) is 0 Å². The molecule has 0 fully saturated rings. The minimum absolute atomic E-state index is 0.152. The van der Waals surface area contributed by atoms with E-state index in [1.807, 2.05) is 13.8 Å². The molecule has 0 atom stereocenters. The fraction of sp³-hybridized carbons (Fsp3) is 0.429. The zero-order valence-corrected chi connectivity index (χ0v) is 11.9. The Kier molecular flexibility index (Phi) is 6.23. The number of halogens is 2. The predicted octanol–water partition coefficient (Wildman–Crippen LogP) is 2.38. The fourth-order valence-corrected chi connectivity index (χ4v) is 1.66. The van der Waals surface area contributed by atoms with E-state index in [2.05, 4.69) is 10.6 Å². The van der Waals surface area contributed by atoms with E-state index >= 15 is 0 Å². The highest BCUT2D eigenvalue weighted by atomic mass is 19.1. The summed E-state index contributed by atoms with van der Waals surface area (Å²) in [5, 5.41) is 14.1. The van der Waals surface area contributed by atoms with Crippen LogP contribution in [0.1, 0.15) is 37.0 Å². The van der Waals surface area contributed by atoms with Crippen molar-refractivity contribution in [3.05, 3.63) is 29.3 Å². The van der Waals surface area contributed by atoms with Crippen molar-refractivity contribution in [2.24, 2.45) is 0 Å². The molecule has 7 heteroatoms. The highest BCUT2D eigenvalue weighted by molar-refractivity contribution is 5.94. The molecule has 21 heavy (non-hydrogen) atoms. The van der Waals surface area contributed by atoms with Gasteiger partial charge in [-0.05, 0) is 19.0 Å². The number of carbonyl (C=O) groups excluding carboxylic acids is 1. The van der Waals surface area contributed by atoms with Gasteiger partial charge in [-0.15, -0.1) is 0 Å². The van der Waals surface area contributed by atoms with Crippen molar-refractivity contribution in [3.8, 4) is 0 Å². The normalized spacial score (nSPS) is 10.7. The molecule has 0 unspecified atom stereocenters. The number of rotatable bonds is 7. The molecule has 1 aromatic rings. The van der Waals surface area contributed by atoms with Gasteiger partial charge in [0.25, 0.3) is 0 Å². The standard InChI is InChI=1S/C14H18F2N2O3/c1-8(2)17-5-3-4-13(19)18-12-6-9(14(20)21)10(15)7-11(12)16/h6-8,17H,3-5H2,1-2H3,(H,18,19)(H,20,21). The van der Waals surface area contributed by atoms with Crippen LogP contribution in [0.5, 0.6) is 0 Å². The SMILES string of the molecule is CC(C)NCCCC(=O)Nc1cc(C(=O)O)c(F)cc1F. The van der Waals surface area contributed by atoms with Gasteiger partial charge in [-0.3, -0.25) is 4.79 Å². The lowest BCUT2D eigenvalue weighted by molar-refractivity contribution is -0.116. The van der Waals surface area contributed by atoms with Crippen molar-refractivity contribution in [1.29, 1.82) is 0 Å². The number of carboxylic acid groups (broad SMARTS) is 1. The Labute approximate surface area is 121 Å². The van der Waals surface area contributed by atoms with Crippen LogP contribution in [0.2, 0.25) is 0 Å². The molecule has 0 aliphatic heterocycles. The van der Waals surface area contributed by atoms with E-state index in [0.717, 1.165) is 6.07 Å². The van der Waals surface area contributed by atoms with Gasteiger partial charge in [-0.25, -0.2) is 13.6 Å². The molecule has 116 valence electrons. The van der Waals surface area contributed by atoms with E-state index in [1.54, 1.807) is 0 Å². The molecule has 1 rings (SSSR count). The van der Waals surface area contributed by atoms with Gasteiger partial charge in [0.15, 0.2) is 0 Å². The number of carbonyl (C=O) groups is 2. The molecule has 0 aliphatic carbocycles. The first kappa shape index (κ1) is 17.0. The van der Waals surface area contributed by atoms with Crippen LogP contribution in [-0.4, -0.2) is 29.6 Å². The second kappa shape index (κ2) is 7.68. The van der Waals surface area contributed by atoms with E-state index < -0.39 is 29.1 Å². The first-order valence-corrected chi connectivity index (χ1v) is 6.57. The summed E-state index contributed by atoms with van der Waals surface area (Å²) in [5.74, 6) is -4.17. The molecule has 0 bridgehead atoms. The minimum Gasteiger partial charge on any atom is -0.478 e. The van der Waals surface area contributed by atoms with Gasteiger partial charge >= 0.3 is 5.97 Å². The molecule has 0 heterocycles. The van der Waals surface area contributed by atoms with E-state index in [1.165, 1.54) is 0 Å². The third kappa shape index (κ3) is 5.47. The minimum atomic E-state index is -1.52. The van der Waals surface area contributed by atoms with Gasteiger partial charge in [0.1, 0.15) is 11.6 Å². The van der Waals surface area contributed by atoms with Crippen molar-refractivity contribution in [1.82, 2.24) is 5.32 Å². The quantitative estimate of drug-likeness (QED) is 0.676. The van der Waals surface area contributed by atoms with Crippen molar-refractivity contribution >= 4 is 17.6 Å². The molecular weight excluding hydrogens is 282 g/mol. The maximum Gasteiger partial charge on any atom is 0.338 e. The maximum atomic E-state index is 13.5. The van der Waals surface area contributed by atoms with Crippen LogP contribution in [0.15, 0.2) is 12.1 Å². The molecule has 0 aromatic heterocycles. The maximum absolute atomic E-state index is 13.5. The number of nitrogens with one attached hydrogen (secondary N) is 2. The molecule has 5 nitrogen and oxygen atoms in total. The summed E-state index contributed by atoms with van der Waals surface area (Å²) in [5.41, 5.74) is -1.02. The second-order valence-electron chi connectivity index (χ2n) is 4.88. The predicted molar refractivity (Wildman–Crippen MR) is 74.3 cm³/mol. The second-order valence-corrected chi connectivity index (χ2v) is 4.88. The lowest BCUT2D eigenvalue weighted by Gasteiger charge is -2.09. The van der Waals surface area contributed by atoms with Gasteiger partial charge in [0.05, 0.1) is 11.3 Å². The summed E-state index contributed by atoms with van der Waals surface area (Å²) >= 11 is 0. The third-order valence-corrected chi connectivity index (χ3v) is 2.69. The first-order chi connectivity index (χ1) is 9.81. The zero-order valence-electron chi connectivity index (χ0n) is 11.9. The third-order valence-electron chi connectivity index (χ3n) is 2.69. The summed E-state index contributed by atoms with van der Waals surface area (Å²) in [6, 6.07) is 1.53. The number of hydrogen-bond acceptors (Lipinski definition) is 3. The smallest absolute Gasteiger partial charge is 0.338 e. The molecule has 1 aromatic carbocycles. The summed E-state index contributed by atoms with van der Waals surface area (Å²) in [6.45, 7) is 4.58. The molecule has 0 radical (unpaired) electrons. The molecule has 0 saturated carbocycles. The van der Waals surface area contributed by atoms with E-state index in [9.17, 15) is 18.4 Å². The van der Waals surface area contributed by atoms with E-state index in [4.69, 9.17) is 5.11 Å². The number of benzene rings is 1. The van der Waals surface area contributed by atoms with Crippen LogP contribution in [0.3, 0.4) is 0 Å². The number of aromatic carboxylic acids is 1. The van der Waals surface area contributed by atoms with Crippen molar-refractivity contribution in [2.45, 2.75) is 32.7 Å². The van der Waals surface area contributed by atoms with Crippen molar-refractivity contribution in [3.63, 3.8) is 0 Å². The number of hydrogen-bond donors (Lipinski definition) is 3. The van der Waals surface area contributed by atoms with Gasteiger partial charge < -0.3 is 15.7 Å². The Morgan fingerprint density at radius 2 is 1.90 bits per heavy atom. The van der Waals surface area contributed by atoms with Gasteiger partial charge in [0.2, 0.25) is 5.91 Å². The fourth-order valence-electron chi connectivity index (χ4n) is 1.66. The molecule has 0 saturated heterocycles. The van der Waals surface area contributed by atoms with Crippen LogP contribution in [0, 0.1) is 11.6 Å². The van der Waals surface area contributed by atoms with Crippen molar-refractivity contribution in [2.75, 3.05) is 11.9 Å². The molecular formula is C14H18F2N2O3. The monoisotopic (exact) mass is 300 g/mol. The van der Waals surface area contributed by atoms with Gasteiger partial charge in [-0.1, -0.05) is 13.8 Å². The summed E-state index contributed by atoms with van der Waals surface area (Å²) in [7, 11) is 0. The van der Waals surface area contributed by atoms with E-state index in [-0.39, 0.29) is 12.1 Å². The number of anilines is 1. The average molecular weight is 300 g/mol. The largest absolute Gasteiger partial charge is 0.478 e. The highest BCUT2D eigenvalue weighted by Gasteiger charge is 2.16. The summed E-state index contributed by atoms with van der Waals surface area (Å²) in [4.78, 5) is 22.4. The average Bonchev–Trinajstić information content (AvgIpc) is 2.37. The first-order valence-electron chi connectivity index (χ1n) is 6.57. The summed E-state index contributed by atoms with van der Waals surface area (Å²) in [6.07, 6.45) is 0.706. The van der Waals surface area contributed by atoms with Crippen LogP contribution < -0.4 is 10.6 Å². The molecule has 0 aliphatic rings. The zero-order chi connectivity index (χ0) is 16.0. The molecule has 1 amide bonds. The molecule has 3 N–H and O–H groups in total. The number of carboxylic acids is 1. The molecule has 0 spiro atoms. The Balaban J connectivity index is 2.63. The lowest BCUT2D eigenvalue weighted by Crippen LogP contribution is -2.24. The summed E-state index contributed by atoms with van der Waals surface area (Å²) < 4.78 is 26.7. The van der Waals surface area contributed by atoms with E-state index in [0.29, 0.717) is 25.1 Å². The highest BCUT2D eigenvalue weighted by Crippen LogP contribution is 2.20. The number of amides is 1. The Morgan fingerprint density at radius 3 is 2.48 bits per heavy atom. The van der Waals surface area contributed by atoms with Crippen LogP contribution in [0.4, 0.5) is 14.5 Å². The Bertz CT molecular complexity index is 533. The Hall–Kier alpha value is -2.02. The van der Waals surface area contributed by atoms with Crippen LogP contribution >= 0.6 is 0 Å². The lowest BCUT2D eigenvalue weighted by atomic mass is 10.1. The Morgan fingerprint density at radius 1 is 1.24 bits per heavy atom. The van der Waals surface area contributed by atoms with Gasteiger partial charge in [0, 0.05) is 18.5 Å². The topological polar surface area (TPSA) is 78.4 Å². The van der Waals surface area contributed by atoms with Crippen molar-refractivity contribution < 1.29 is 23.5 Å².